The lowest BCUT2D eigenvalue weighted by Crippen LogP contribution is -1.98. The van der Waals surface area contributed by atoms with Crippen molar-refractivity contribution in [1.29, 1.82) is 0 Å². The molecule has 0 amide bonds. The Kier molecular flexibility index (Phi) is 3.17. The van der Waals surface area contributed by atoms with Crippen LogP contribution in [0.25, 0.3) is 5.69 Å². The van der Waals surface area contributed by atoms with Crippen molar-refractivity contribution in [2.75, 3.05) is 6.61 Å². The first-order valence-corrected chi connectivity index (χ1v) is 5.06. The van der Waals surface area contributed by atoms with Gasteiger partial charge in [0.2, 0.25) is 0 Å². The predicted molar refractivity (Wildman–Crippen MR) is 57.1 cm³/mol. The van der Waals surface area contributed by atoms with Crippen LogP contribution in [0.3, 0.4) is 0 Å². The molecule has 84 valence electrons. The minimum atomic E-state index is -0.426. The molecule has 2 aromatic rings. The zero-order valence-corrected chi connectivity index (χ0v) is 9.02. The molecule has 16 heavy (non-hydrogen) atoms. The Hall–Kier alpha value is -1.46. The van der Waals surface area contributed by atoms with Crippen LogP contribution in [0.1, 0.15) is 5.69 Å². The Bertz CT molecular complexity index is 501. The van der Waals surface area contributed by atoms with Crippen molar-refractivity contribution in [2.24, 2.45) is 0 Å². The summed E-state index contributed by atoms with van der Waals surface area (Å²) in [5.41, 5.74) is 0.839. The van der Waals surface area contributed by atoms with Gasteiger partial charge in [-0.2, -0.15) is 0 Å². The molecule has 0 fully saturated rings. The summed E-state index contributed by atoms with van der Waals surface area (Å²) in [7, 11) is 0. The van der Waals surface area contributed by atoms with E-state index >= 15 is 0 Å². The number of nitrogens with zero attached hydrogens (tertiary/aromatic N) is 3. The molecule has 0 saturated carbocycles. The van der Waals surface area contributed by atoms with Crippen LogP contribution in [0.4, 0.5) is 4.39 Å². The summed E-state index contributed by atoms with van der Waals surface area (Å²) in [6, 6.07) is 4.20. The van der Waals surface area contributed by atoms with Crippen LogP contribution in [0.15, 0.2) is 24.4 Å². The Labute approximate surface area is 96.3 Å². The summed E-state index contributed by atoms with van der Waals surface area (Å²) < 4.78 is 14.8. The van der Waals surface area contributed by atoms with Gasteiger partial charge in [0.05, 0.1) is 11.9 Å². The average Bonchev–Trinajstić information content (AvgIpc) is 2.71. The van der Waals surface area contributed by atoms with Crippen molar-refractivity contribution >= 4 is 11.6 Å². The lowest BCUT2D eigenvalue weighted by Gasteiger charge is -2.01. The highest BCUT2D eigenvalue weighted by Crippen LogP contribution is 2.18. The van der Waals surface area contributed by atoms with Gasteiger partial charge in [0, 0.05) is 18.1 Å². The summed E-state index contributed by atoms with van der Waals surface area (Å²) >= 11 is 5.77. The van der Waals surface area contributed by atoms with Crippen LogP contribution in [0, 0.1) is 5.82 Å². The van der Waals surface area contributed by atoms with Crippen LogP contribution in [0.2, 0.25) is 5.02 Å². The van der Waals surface area contributed by atoms with Crippen LogP contribution < -0.4 is 0 Å². The first-order chi connectivity index (χ1) is 7.70. The summed E-state index contributed by atoms with van der Waals surface area (Å²) in [6.45, 7) is -0.0171. The third-order valence-corrected chi connectivity index (χ3v) is 2.30. The molecule has 0 aliphatic heterocycles. The van der Waals surface area contributed by atoms with Crippen molar-refractivity contribution in [1.82, 2.24) is 15.0 Å². The molecular weight excluding hydrogens is 233 g/mol. The van der Waals surface area contributed by atoms with Crippen LogP contribution in [-0.2, 0) is 6.42 Å². The highest BCUT2D eigenvalue weighted by atomic mass is 35.5. The maximum absolute atomic E-state index is 13.5. The molecule has 0 spiro atoms. The standard InChI is InChI=1S/C10H9ClFN3O/c11-7-1-2-9(12)10(5-7)15-6-8(3-4-16)13-14-15/h1-2,5-6,16H,3-4H2. The van der Waals surface area contributed by atoms with E-state index in [2.05, 4.69) is 10.3 Å². The molecule has 0 aliphatic rings. The van der Waals surface area contributed by atoms with Gasteiger partial charge in [0.1, 0.15) is 11.5 Å². The third kappa shape index (κ3) is 2.20. The van der Waals surface area contributed by atoms with E-state index in [0.29, 0.717) is 17.1 Å². The molecule has 0 bridgehead atoms. The van der Waals surface area contributed by atoms with Crippen molar-refractivity contribution in [2.45, 2.75) is 6.42 Å². The van der Waals surface area contributed by atoms with E-state index in [1.807, 2.05) is 0 Å². The quantitative estimate of drug-likeness (QED) is 0.888. The summed E-state index contributed by atoms with van der Waals surface area (Å²) in [5.74, 6) is -0.426. The van der Waals surface area contributed by atoms with Gasteiger partial charge in [-0.15, -0.1) is 5.10 Å². The smallest absolute Gasteiger partial charge is 0.149 e. The zero-order chi connectivity index (χ0) is 11.5. The SMILES string of the molecule is OCCc1cn(-c2cc(Cl)ccc2F)nn1. The van der Waals surface area contributed by atoms with Crippen molar-refractivity contribution < 1.29 is 9.50 Å². The van der Waals surface area contributed by atoms with Crippen molar-refractivity contribution in [3.8, 4) is 5.69 Å². The van der Waals surface area contributed by atoms with Gasteiger partial charge >= 0.3 is 0 Å². The van der Waals surface area contributed by atoms with E-state index in [0.717, 1.165) is 0 Å². The van der Waals surface area contributed by atoms with Gasteiger partial charge in [-0.3, -0.25) is 0 Å². The van der Waals surface area contributed by atoms with E-state index in [-0.39, 0.29) is 12.3 Å². The molecule has 2 rings (SSSR count). The largest absolute Gasteiger partial charge is 0.396 e. The molecule has 0 radical (unpaired) electrons. The fourth-order valence-corrected chi connectivity index (χ4v) is 1.47. The van der Waals surface area contributed by atoms with Crippen LogP contribution >= 0.6 is 11.6 Å². The predicted octanol–water partition coefficient (Wildman–Crippen LogP) is 1.59. The number of hydrogen-bond donors (Lipinski definition) is 1. The summed E-state index contributed by atoms with van der Waals surface area (Å²) in [5, 5.41) is 16.7. The highest BCUT2D eigenvalue weighted by molar-refractivity contribution is 6.30. The second kappa shape index (κ2) is 4.59. The molecule has 1 aromatic heterocycles. The van der Waals surface area contributed by atoms with E-state index in [4.69, 9.17) is 16.7 Å². The van der Waals surface area contributed by atoms with Crippen LogP contribution in [0.5, 0.6) is 0 Å². The lowest BCUT2D eigenvalue weighted by atomic mass is 10.3. The Morgan fingerprint density at radius 3 is 3.00 bits per heavy atom. The number of benzene rings is 1. The number of rotatable bonds is 3. The Balaban J connectivity index is 2.38. The number of aliphatic hydroxyl groups excluding tert-OH is 1. The van der Waals surface area contributed by atoms with Crippen molar-refractivity contribution in [3.05, 3.63) is 40.9 Å². The molecule has 1 N–H and O–H groups in total. The summed E-state index contributed by atoms with van der Waals surface area (Å²) in [4.78, 5) is 0. The maximum Gasteiger partial charge on any atom is 0.149 e. The van der Waals surface area contributed by atoms with Crippen LogP contribution in [-0.4, -0.2) is 26.7 Å². The minimum Gasteiger partial charge on any atom is -0.396 e. The third-order valence-electron chi connectivity index (χ3n) is 2.06. The van der Waals surface area contributed by atoms with E-state index < -0.39 is 5.82 Å². The molecule has 1 heterocycles. The van der Waals surface area contributed by atoms with Crippen molar-refractivity contribution in [3.63, 3.8) is 0 Å². The molecule has 0 saturated heterocycles. The molecule has 0 aliphatic carbocycles. The zero-order valence-electron chi connectivity index (χ0n) is 8.27. The lowest BCUT2D eigenvalue weighted by molar-refractivity contribution is 0.298. The van der Waals surface area contributed by atoms with Gasteiger partial charge < -0.3 is 5.11 Å². The minimum absolute atomic E-state index is 0.0171. The second-order valence-electron chi connectivity index (χ2n) is 3.22. The normalized spacial score (nSPS) is 10.7. The molecular formula is C10H9ClFN3O. The fourth-order valence-electron chi connectivity index (χ4n) is 1.31. The average molecular weight is 242 g/mol. The molecule has 0 atom stereocenters. The topological polar surface area (TPSA) is 50.9 Å². The highest BCUT2D eigenvalue weighted by Gasteiger charge is 2.08. The Morgan fingerprint density at radius 2 is 2.25 bits per heavy atom. The molecule has 4 nitrogen and oxygen atoms in total. The van der Waals surface area contributed by atoms with E-state index in [1.54, 1.807) is 6.20 Å². The van der Waals surface area contributed by atoms with Gasteiger partial charge in [0.15, 0.2) is 0 Å². The number of aliphatic hydroxyl groups is 1. The number of aromatic nitrogens is 3. The fraction of sp³-hybridized carbons (Fsp3) is 0.200. The number of hydrogen-bond acceptors (Lipinski definition) is 3. The number of halogens is 2. The second-order valence-corrected chi connectivity index (χ2v) is 3.66. The van der Waals surface area contributed by atoms with E-state index in [9.17, 15) is 4.39 Å². The Morgan fingerprint density at radius 1 is 1.44 bits per heavy atom. The molecule has 6 heteroatoms. The maximum atomic E-state index is 13.5. The van der Waals surface area contributed by atoms with E-state index in [1.165, 1.54) is 22.9 Å². The van der Waals surface area contributed by atoms with Gasteiger partial charge in [-0.25, -0.2) is 9.07 Å². The van der Waals surface area contributed by atoms with Gasteiger partial charge in [0.25, 0.3) is 0 Å². The first-order valence-electron chi connectivity index (χ1n) is 4.68. The molecule has 0 unspecified atom stereocenters. The van der Waals surface area contributed by atoms with Gasteiger partial charge in [-0.05, 0) is 18.2 Å². The monoisotopic (exact) mass is 241 g/mol. The molecule has 1 aromatic carbocycles. The summed E-state index contributed by atoms with van der Waals surface area (Å²) in [6.07, 6.45) is 1.95. The first kappa shape index (κ1) is 11.0. The van der Waals surface area contributed by atoms with Gasteiger partial charge in [-0.1, -0.05) is 16.8 Å².